The molecule has 1 aromatic carbocycles. The van der Waals surface area contributed by atoms with E-state index in [0.29, 0.717) is 11.6 Å². The molecule has 0 bridgehead atoms. The van der Waals surface area contributed by atoms with Gasteiger partial charge in [0.15, 0.2) is 5.65 Å². The molecule has 0 saturated heterocycles. The third-order valence-electron chi connectivity index (χ3n) is 3.82. The van der Waals surface area contributed by atoms with E-state index >= 15 is 0 Å². The fourth-order valence-corrected chi connectivity index (χ4v) is 2.55. The Kier molecular flexibility index (Phi) is 3.96. The third kappa shape index (κ3) is 3.12. The van der Waals surface area contributed by atoms with E-state index in [2.05, 4.69) is 49.7 Å². The molecule has 25 heavy (non-hydrogen) atoms. The topological polar surface area (TPSA) is 92.0 Å². The van der Waals surface area contributed by atoms with Gasteiger partial charge in [0.2, 0.25) is 0 Å². The molecule has 7 heteroatoms. The predicted octanol–water partition coefficient (Wildman–Crippen LogP) is 3.77. The lowest BCUT2D eigenvalue weighted by Crippen LogP contribution is -1.98. The Morgan fingerprint density at radius 3 is 3.08 bits per heavy atom. The van der Waals surface area contributed by atoms with Gasteiger partial charge in [0, 0.05) is 17.1 Å². The summed E-state index contributed by atoms with van der Waals surface area (Å²) < 4.78 is 5.18. The van der Waals surface area contributed by atoms with Gasteiger partial charge in [0.25, 0.3) is 5.95 Å². The molecule has 0 amide bonds. The Morgan fingerprint density at radius 1 is 1.28 bits per heavy atom. The van der Waals surface area contributed by atoms with Gasteiger partial charge in [-0.05, 0) is 48.4 Å². The standard InChI is InChI=1S/C18H16N6O/c1-2-12-7-8-15-14(11-12)16-17(20-15)21-18(24-22-16)23-19-9-3-5-13-6-4-10-25-13/h3-11H,2H2,1H3,(H2,20,21,23,24). The molecule has 0 atom stereocenters. The lowest BCUT2D eigenvalue weighted by atomic mass is 10.1. The van der Waals surface area contributed by atoms with Crippen LogP contribution in [0.15, 0.2) is 52.2 Å². The molecule has 3 aromatic heterocycles. The highest BCUT2D eigenvalue weighted by Gasteiger charge is 2.09. The van der Waals surface area contributed by atoms with Crippen LogP contribution in [0, 0.1) is 0 Å². The highest BCUT2D eigenvalue weighted by Crippen LogP contribution is 2.23. The van der Waals surface area contributed by atoms with Crippen molar-refractivity contribution >= 4 is 40.3 Å². The average molecular weight is 332 g/mol. The van der Waals surface area contributed by atoms with Crippen LogP contribution < -0.4 is 5.43 Å². The number of aromatic nitrogens is 4. The monoisotopic (exact) mass is 332 g/mol. The second kappa shape index (κ2) is 6.56. The fourth-order valence-electron chi connectivity index (χ4n) is 2.55. The average Bonchev–Trinajstić information content (AvgIpc) is 3.27. The summed E-state index contributed by atoms with van der Waals surface area (Å²) in [6.07, 6.45) is 7.75. The molecule has 0 aliphatic carbocycles. The van der Waals surface area contributed by atoms with Gasteiger partial charge in [-0.2, -0.15) is 10.1 Å². The van der Waals surface area contributed by atoms with E-state index in [4.69, 9.17) is 4.42 Å². The SMILES string of the molecule is CCc1ccc2[nH]c3nc(NN=CC=Cc4ccco4)nnc3c2c1. The maximum Gasteiger partial charge on any atom is 0.265 e. The molecule has 4 rings (SSSR count). The van der Waals surface area contributed by atoms with Crippen LogP contribution in [0.5, 0.6) is 0 Å². The Labute approximate surface area is 143 Å². The van der Waals surface area contributed by atoms with Gasteiger partial charge >= 0.3 is 0 Å². The molecule has 2 N–H and O–H groups in total. The van der Waals surface area contributed by atoms with Crippen molar-refractivity contribution in [3.8, 4) is 0 Å². The Hall–Kier alpha value is -3.48. The molecule has 0 saturated carbocycles. The molecule has 0 aliphatic heterocycles. The maximum atomic E-state index is 5.18. The van der Waals surface area contributed by atoms with Crippen molar-refractivity contribution in [1.82, 2.24) is 20.2 Å². The number of furan rings is 1. The molecule has 0 unspecified atom stereocenters. The van der Waals surface area contributed by atoms with E-state index in [1.807, 2.05) is 18.2 Å². The second-order valence-corrected chi connectivity index (χ2v) is 5.46. The number of allylic oxidation sites excluding steroid dienone is 1. The van der Waals surface area contributed by atoms with Crippen LogP contribution in [-0.2, 0) is 6.42 Å². The lowest BCUT2D eigenvalue weighted by Gasteiger charge is -1.97. The van der Waals surface area contributed by atoms with E-state index < -0.39 is 0 Å². The number of H-pyrrole nitrogens is 1. The molecule has 0 aliphatic rings. The first-order valence-corrected chi connectivity index (χ1v) is 7.98. The van der Waals surface area contributed by atoms with Crippen molar-refractivity contribution < 1.29 is 4.42 Å². The Morgan fingerprint density at radius 2 is 2.24 bits per heavy atom. The first kappa shape index (κ1) is 15.1. The molecule has 0 spiro atoms. The highest BCUT2D eigenvalue weighted by molar-refractivity contribution is 6.03. The number of aryl methyl sites for hydroxylation is 1. The number of benzene rings is 1. The molecular formula is C18H16N6O. The lowest BCUT2D eigenvalue weighted by molar-refractivity contribution is 0.557. The minimum absolute atomic E-state index is 0.331. The summed E-state index contributed by atoms with van der Waals surface area (Å²) >= 11 is 0. The number of rotatable bonds is 5. The molecule has 7 nitrogen and oxygen atoms in total. The summed E-state index contributed by atoms with van der Waals surface area (Å²) in [5, 5.41) is 13.4. The minimum atomic E-state index is 0.331. The second-order valence-electron chi connectivity index (χ2n) is 5.46. The zero-order valence-electron chi connectivity index (χ0n) is 13.6. The van der Waals surface area contributed by atoms with Gasteiger partial charge in [-0.25, -0.2) is 5.43 Å². The Bertz CT molecular complexity index is 1060. The first-order chi connectivity index (χ1) is 12.3. The zero-order chi connectivity index (χ0) is 17.1. The van der Waals surface area contributed by atoms with E-state index in [1.54, 1.807) is 24.6 Å². The molecule has 124 valence electrons. The number of hydrazone groups is 1. The van der Waals surface area contributed by atoms with Crippen molar-refractivity contribution in [3.05, 3.63) is 54.0 Å². The quantitative estimate of drug-likeness (QED) is 0.429. The number of anilines is 1. The number of nitrogens with one attached hydrogen (secondary N) is 2. The smallest absolute Gasteiger partial charge is 0.265 e. The van der Waals surface area contributed by atoms with Gasteiger partial charge in [-0.15, -0.1) is 10.2 Å². The molecule has 0 radical (unpaired) electrons. The van der Waals surface area contributed by atoms with E-state index in [0.717, 1.165) is 28.6 Å². The van der Waals surface area contributed by atoms with Gasteiger partial charge in [-0.3, -0.25) is 0 Å². The van der Waals surface area contributed by atoms with Crippen LogP contribution >= 0.6 is 0 Å². The van der Waals surface area contributed by atoms with Crippen LogP contribution in [-0.4, -0.2) is 26.4 Å². The van der Waals surface area contributed by atoms with Gasteiger partial charge in [0.1, 0.15) is 11.3 Å². The summed E-state index contributed by atoms with van der Waals surface area (Å²) in [7, 11) is 0. The number of aromatic amines is 1. The van der Waals surface area contributed by atoms with E-state index in [-0.39, 0.29) is 0 Å². The summed E-state index contributed by atoms with van der Waals surface area (Å²) in [5.74, 6) is 1.09. The van der Waals surface area contributed by atoms with Crippen molar-refractivity contribution in [1.29, 1.82) is 0 Å². The van der Waals surface area contributed by atoms with Crippen molar-refractivity contribution in [2.24, 2.45) is 5.10 Å². The van der Waals surface area contributed by atoms with Crippen molar-refractivity contribution in [3.63, 3.8) is 0 Å². The van der Waals surface area contributed by atoms with Crippen molar-refractivity contribution in [2.45, 2.75) is 13.3 Å². The normalized spacial score (nSPS) is 12.0. The van der Waals surface area contributed by atoms with Crippen molar-refractivity contribution in [2.75, 3.05) is 5.43 Å². The highest BCUT2D eigenvalue weighted by atomic mass is 16.3. The van der Waals surface area contributed by atoms with Gasteiger partial charge in [0.05, 0.1) is 6.26 Å². The number of nitrogens with zero attached hydrogens (tertiary/aromatic N) is 4. The van der Waals surface area contributed by atoms with E-state index in [9.17, 15) is 0 Å². The Balaban J connectivity index is 1.53. The number of fused-ring (bicyclic) bond motifs is 3. The number of hydrogen-bond donors (Lipinski definition) is 2. The molecular weight excluding hydrogens is 316 g/mol. The predicted molar refractivity (Wildman–Crippen MR) is 98.4 cm³/mol. The summed E-state index contributed by atoms with van der Waals surface area (Å²) in [6.45, 7) is 2.13. The van der Waals surface area contributed by atoms with Gasteiger partial charge < -0.3 is 9.40 Å². The van der Waals surface area contributed by atoms with Crippen LogP contribution in [0.2, 0.25) is 0 Å². The van der Waals surface area contributed by atoms with Crippen LogP contribution in [0.25, 0.3) is 28.1 Å². The zero-order valence-corrected chi connectivity index (χ0v) is 13.6. The molecule has 0 fully saturated rings. The largest absolute Gasteiger partial charge is 0.465 e. The van der Waals surface area contributed by atoms with Crippen LogP contribution in [0.4, 0.5) is 5.95 Å². The van der Waals surface area contributed by atoms with E-state index in [1.165, 1.54) is 5.56 Å². The minimum Gasteiger partial charge on any atom is -0.465 e. The summed E-state index contributed by atoms with van der Waals surface area (Å²) in [4.78, 5) is 7.68. The first-order valence-electron chi connectivity index (χ1n) is 7.98. The maximum absolute atomic E-state index is 5.18. The van der Waals surface area contributed by atoms with Crippen LogP contribution in [0.3, 0.4) is 0 Å². The number of hydrogen-bond acceptors (Lipinski definition) is 6. The summed E-state index contributed by atoms with van der Waals surface area (Å²) in [6, 6.07) is 9.95. The fraction of sp³-hybridized carbons (Fsp3) is 0.111. The summed E-state index contributed by atoms with van der Waals surface area (Å²) in [5.41, 5.74) is 6.46. The van der Waals surface area contributed by atoms with Gasteiger partial charge in [-0.1, -0.05) is 13.0 Å². The molecule has 3 heterocycles. The molecule has 4 aromatic rings. The third-order valence-corrected chi connectivity index (χ3v) is 3.82. The van der Waals surface area contributed by atoms with Crippen LogP contribution in [0.1, 0.15) is 18.2 Å².